The molecule has 0 atom stereocenters. The zero-order valence-corrected chi connectivity index (χ0v) is 21.5. The molecule has 0 fully saturated rings. The van der Waals surface area contributed by atoms with Crippen molar-refractivity contribution in [3.05, 3.63) is 36.2 Å². The third kappa shape index (κ3) is 4.74. The highest BCUT2D eigenvalue weighted by Gasteiger charge is 2.21. The summed E-state index contributed by atoms with van der Waals surface area (Å²) < 4.78 is 32.9. The molecule has 10 nitrogen and oxygen atoms in total. The molecule has 0 radical (unpaired) electrons. The highest BCUT2D eigenvalue weighted by molar-refractivity contribution is 7.90. The van der Waals surface area contributed by atoms with Gasteiger partial charge >= 0.3 is 5.97 Å². The summed E-state index contributed by atoms with van der Waals surface area (Å²) in [5.74, 6) is -1.11. The van der Waals surface area contributed by atoms with E-state index < -0.39 is 23.9 Å². The Bertz CT molecular complexity index is 1520. The predicted molar refractivity (Wildman–Crippen MR) is 131 cm³/mol. The summed E-state index contributed by atoms with van der Waals surface area (Å²) in [7, 11) is -2.90. The van der Waals surface area contributed by atoms with Crippen LogP contribution in [0.15, 0.2) is 35.5 Å². The van der Waals surface area contributed by atoms with Crippen LogP contribution in [0.3, 0.4) is 0 Å². The minimum atomic E-state index is -3.37. The molecule has 1 N–H and O–H groups in total. The van der Waals surface area contributed by atoms with E-state index in [1.165, 1.54) is 12.3 Å². The van der Waals surface area contributed by atoms with Gasteiger partial charge in [-0.1, -0.05) is 19.6 Å². The first-order valence-electron chi connectivity index (χ1n) is 10.7. The third-order valence-corrected chi connectivity index (χ3v) is 8.33. The standard InChI is InChI=1S/C22H27N5O5SSi/c1-26-18-10-14(33(2,30)31)6-7-15(18)19(25-26)17-11-23-21-20(24-17)16(22(28)29)12-27(21)13-32-8-9-34(3,4)5/h6-7,10-12H,8-9,13H2,1-5H3,(H,28,29). The number of fused-ring (bicyclic) bond motifs is 2. The molecular formula is C22H27N5O5SSi. The van der Waals surface area contributed by atoms with E-state index in [4.69, 9.17) is 4.74 Å². The minimum Gasteiger partial charge on any atom is -0.478 e. The summed E-state index contributed by atoms with van der Waals surface area (Å²) in [4.78, 5) is 21.1. The molecule has 0 aliphatic heterocycles. The molecule has 0 aliphatic rings. The quantitative estimate of drug-likeness (QED) is 0.287. The number of carboxylic acid groups (broad SMARTS) is 1. The number of hydrogen-bond donors (Lipinski definition) is 1. The monoisotopic (exact) mass is 501 g/mol. The molecule has 34 heavy (non-hydrogen) atoms. The topological polar surface area (TPSA) is 129 Å². The molecule has 0 aliphatic carbocycles. The molecule has 4 aromatic rings. The first-order valence-corrected chi connectivity index (χ1v) is 16.3. The van der Waals surface area contributed by atoms with Gasteiger partial charge in [-0.2, -0.15) is 5.10 Å². The number of nitrogens with zero attached hydrogens (tertiary/aromatic N) is 5. The number of hydrogen-bond acceptors (Lipinski definition) is 7. The van der Waals surface area contributed by atoms with Gasteiger partial charge in [0.2, 0.25) is 0 Å². The summed E-state index contributed by atoms with van der Waals surface area (Å²) in [5.41, 5.74) is 2.18. The van der Waals surface area contributed by atoms with Crippen molar-refractivity contribution in [2.24, 2.45) is 7.05 Å². The maximum Gasteiger partial charge on any atom is 0.339 e. The summed E-state index contributed by atoms with van der Waals surface area (Å²) in [5, 5.41) is 14.9. The van der Waals surface area contributed by atoms with E-state index in [9.17, 15) is 18.3 Å². The fourth-order valence-electron chi connectivity index (χ4n) is 3.62. The first-order chi connectivity index (χ1) is 15.8. The first kappa shape index (κ1) is 24.0. The molecule has 0 saturated heterocycles. The van der Waals surface area contributed by atoms with E-state index in [0.29, 0.717) is 34.5 Å². The lowest BCUT2D eigenvalue weighted by Crippen LogP contribution is -2.22. The molecule has 180 valence electrons. The van der Waals surface area contributed by atoms with Gasteiger partial charge in [0.25, 0.3) is 0 Å². The van der Waals surface area contributed by atoms with E-state index in [0.717, 1.165) is 12.3 Å². The average molecular weight is 502 g/mol. The van der Waals surface area contributed by atoms with Crippen LogP contribution in [0.25, 0.3) is 33.5 Å². The van der Waals surface area contributed by atoms with Crippen molar-refractivity contribution in [3.8, 4) is 11.4 Å². The van der Waals surface area contributed by atoms with Crippen LogP contribution in [0.4, 0.5) is 0 Å². The molecular weight excluding hydrogens is 474 g/mol. The van der Waals surface area contributed by atoms with E-state index in [2.05, 4.69) is 34.7 Å². The number of ether oxygens (including phenoxy) is 1. The number of aryl methyl sites for hydroxylation is 1. The molecule has 0 unspecified atom stereocenters. The Labute approximate surface area is 198 Å². The van der Waals surface area contributed by atoms with E-state index in [1.807, 2.05) is 0 Å². The van der Waals surface area contributed by atoms with Crippen LogP contribution in [0.2, 0.25) is 25.7 Å². The van der Waals surface area contributed by atoms with Gasteiger partial charge in [0.05, 0.1) is 16.6 Å². The summed E-state index contributed by atoms with van der Waals surface area (Å²) in [6, 6.07) is 5.76. The number of aromatic nitrogens is 5. The van der Waals surface area contributed by atoms with E-state index >= 15 is 0 Å². The van der Waals surface area contributed by atoms with Crippen LogP contribution in [0.5, 0.6) is 0 Å². The Morgan fingerprint density at radius 1 is 1.24 bits per heavy atom. The van der Waals surface area contributed by atoms with Crippen molar-refractivity contribution in [2.75, 3.05) is 12.9 Å². The minimum absolute atomic E-state index is 0.0257. The molecule has 0 spiro atoms. The van der Waals surface area contributed by atoms with Gasteiger partial charge in [-0.15, -0.1) is 0 Å². The maximum atomic E-state index is 11.9. The number of sulfone groups is 1. The summed E-state index contributed by atoms with van der Waals surface area (Å²) in [6.45, 7) is 7.57. The summed E-state index contributed by atoms with van der Waals surface area (Å²) >= 11 is 0. The number of rotatable bonds is 8. The van der Waals surface area contributed by atoms with Crippen LogP contribution in [-0.4, -0.2) is 64.7 Å². The van der Waals surface area contributed by atoms with E-state index in [-0.39, 0.29) is 22.7 Å². The van der Waals surface area contributed by atoms with Gasteiger partial charge in [-0.3, -0.25) is 4.68 Å². The molecule has 3 aromatic heterocycles. The van der Waals surface area contributed by atoms with Crippen molar-refractivity contribution in [3.63, 3.8) is 0 Å². The van der Waals surface area contributed by atoms with Crippen LogP contribution in [0.1, 0.15) is 10.4 Å². The van der Waals surface area contributed by atoms with Crippen LogP contribution < -0.4 is 0 Å². The van der Waals surface area contributed by atoms with Crippen molar-refractivity contribution in [2.45, 2.75) is 37.3 Å². The molecule has 0 bridgehead atoms. The van der Waals surface area contributed by atoms with Crippen molar-refractivity contribution in [1.82, 2.24) is 24.3 Å². The lowest BCUT2D eigenvalue weighted by Gasteiger charge is -2.15. The number of carbonyl (C=O) groups is 1. The van der Waals surface area contributed by atoms with Crippen molar-refractivity contribution in [1.29, 1.82) is 0 Å². The lowest BCUT2D eigenvalue weighted by molar-refractivity contribution is 0.0696. The zero-order chi connectivity index (χ0) is 24.8. The largest absolute Gasteiger partial charge is 0.478 e. The van der Waals surface area contributed by atoms with E-state index in [1.54, 1.807) is 34.6 Å². The molecule has 0 amide bonds. The normalized spacial score (nSPS) is 12.6. The fraction of sp³-hybridized carbons (Fsp3) is 0.364. The number of carboxylic acids is 1. The van der Waals surface area contributed by atoms with Gasteiger partial charge in [0.15, 0.2) is 15.5 Å². The Kier molecular flexibility index (Phi) is 6.08. The Hall–Kier alpha value is -3.09. The SMILES string of the molecule is Cn1nc(-c2cnc3c(n2)c(C(=O)O)cn3COCC[Si](C)(C)C)c2ccc(S(C)(=O)=O)cc21. The second kappa shape index (κ2) is 8.60. The van der Waals surface area contributed by atoms with Gasteiger partial charge in [0, 0.05) is 39.6 Å². The Morgan fingerprint density at radius 3 is 2.62 bits per heavy atom. The summed E-state index contributed by atoms with van der Waals surface area (Å²) in [6.07, 6.45) is 4.18. The Morgan fingerprint density at radius 2 is 1.97 bits per heavy atom. The third-order valence-electron chi connectivity index (χ3n) is 5.52. The second-order valence-corrected chi connectivity index (χ2v) is 17.2. The van der Waals surface area contributed by atoms with Gasteiger partial charge in [-0.25, -0.2) is 23.2 Å². The molecule has 4 rings (SSSR count). The van der Waals surface area contributed by atoms with Crippen molar-refractivity contribution < 1.29 is 23.1 Å². The number of aromatic carboxylic acids is 1. The van der Waals surface area contributed by atoms with Crippen LogP contribution in [-0.2, 0) is 28.4 Å². The highest BCUT2D eigenvalue weighted by Crippen LogP contribution is 2.30. The van der Waals surface area contributed by atoms with Crippen molar-refractivity contribution >= 4 is 45.9 Å². The van der Waals surface area contributed by atoms with Gasteiger partial charge in [0.1, 0.15) is 29.2 Å². The smallest absolute Gasteiger partial charge is 0.339 e. The van der Waals surface area contributed by atoms with Gasteiger partial charge in [-0.05, 0) is 24.2 Å². The average Bonchev–Trinajstić information content (AvgIpc) is 3.27. The Balaban J connectivity index is 1.74. The van der Waals surface area contributed by atoms with Crippen LogP contribution >= 0.6 is 0 Å². The molecule has 1 aromatic carbocycles. The molecule has 12 heteroatoms. The fourth-order valence-corrected chi connectivity index (χ4v) is 5.02. The maximum absolute atomic E-state index is 11.9. The molecule has 0 saturated carbocycles. The van der Waals surface area contributed by atoms with Gasteiger partial charge < -0.3 is 14.4 Å². The second-order valence-electron chi connectivity index (χ2n) is 9.52. The molecule has 3 heterocycles. The predicted octanol–water partition coefficient (Wildman–Crippen LogP) is 3.40. The lowest BCUT2D eigenvalue weighted by atomic mass is 10.1. The zero-order valence-electron chi connectivity index (χ0n) is 19.7. The number of benzene rings is 1. The highest BCUT2D eigenvalue weighted by atomic mass is 32.2. The van der Waals surface area contributed by atoms with Crippen LogP contribution in [0, 0.1) is 0 Å².